The fraction of sp³-hybridized carbons (Fsp3) is 0.500. The van der Waals surface area contributed by atoms with E-state index in [-0.39, 0.29) is 23.1 Å². The van der Waals surface area contributed by atoms with Crippen molar-refractivity contribution in [3.63, 3.8) is 0 Å². The molecule has 0 aromatic heterocycles. The van der Waals surface area contributed by atoms with Crippen LogP contribution in [-0.2, 0) is 0 Å². The first-order chi connectivity index (χ1) is 9.08. The highest BCUT2D eigenvalue weighted by Gasteiger charge is 2.23. The molecule has 2 unspecified atom stereocenters. The highest BCUT2D eigenvalue weighted by atomic mass is 127. The molecule has 3 nitrogen and oxygen atoms in total. The number of amides is 1. The van der Waals surface area contributed by atoms with Gasteiger partial charge < -0.3 is 10.4 Å². The summed E-state index contributed by atoms with van der Waals surface area (Å²) in [5.41, 5.74) is 0.478. The lowest BCUT2D eigenvalue weighted by Crippen LogP contribution is -2.40. The number of rotatable bonds is 2. The number of aromatic hydroxyl groups is 1. The Kier molecular flexibility index (Phi) is 5.33. The van der Waals surface area contributed by atoms with Crippen LogP contribution in [0.3, 0.4) is 0 Å². The molecule has 2 rings (SSSR count). The van der Waals surface area contributed by atoms with Crippen molar-refractivity contribution >= 4 is 40.1 Å². The second-order valence-corrected chi connectivity index (χ2v) is 6.62. The lowest BCUT2D eigenvalue weighted by molar-refractivity contribution is 0.0933. The molecule has 0 spiro atoms. The Bertz CT molecular complexity index is 467. The Morgan fingerprint density at radius 1 is 1.32 bits per heavy atom. The molecule has 0 heterocycles. The van der Waals surface area contributed by atoms with Crippen LogP contribution in [0, 0.1) is 3.57 Å². The van der Waals surface area contributed by atoms with Gasteiger partial charge in [0.25, 0.3) is 5.91 Å². The predicted molar refractivity (Wildman–Crippen MR) is 84.8 cm³/mol. The van der Waals surface area contributed by atoms with Crippen LogP contribution < -0.4 is 5.32 Å². The molecule has 104 valence electrons. The number of alkyl halides is 1. The van der Waals surface area contributed by atoms with E-state index in [1.165, 1.54) is 12.5 Å². The Hall–Kier alpha value is -0.490. The molecule has 1 saturated carbocycles. The van der Waals surface area contributed by atoms with Gasteiger partial charge in [-0.1, -0.05) is 19.3 Å². The molecule has 1 fully saturated rings. The fourth-order valence-corrected chi connectivity index (χ4v) is 3.01. The lowest BCUT2D eigenvalue weighted by Gasteiger charge is -2.21. The largest absolute Gasteiger partial charge is 0.507 e. The van der Waals surface area contributed by atoms with E-state index in [0.29, 0.717) is 5.56 Å². The smallest absolute Gasteiger partial charge is 0.251 e. The van der Waals surface area contributed by atoms with Crippen LogP contribution >= 0.6 is 34.2 Å². The standard InChI is InChI=1S/C14H17ClINO2/c15-10-4-2-1-3-5-12(10)17-14(19)9-6-7-11(16)13(18)8-9/h6-8,10,12,18H,1-5H2,(H,17,19). The van der Waals surface area contributed by atoms with Crippen LogP contribution in [0.1, 0.15) is 42.5 Å². The summed E-state index contributed by atoms with van der Waals surface area (Å²) >= 11 is 8.34. The summed E-state index contributed by atoms with van der Waals surface area (Å²) in [6, 6.07) is 4.97. The van der Waals surface area contributed by atoms with Gasteiger partial charge >= 0.3 is 0 Å². The van der Waals surface area contributed by atoms with Gasteiger partial charge in [-0.3, -0.25) is 4.79 Å². The van der Waals surface area contributed by atoms with Gasteiger partial charge in [-0.25, -0.2) is 0 Å². The van der Waals surface area contributed by atoms with Gasteiger partial charge in [-0.05, 0) is 53.6 Å². The third kappa shape index (κ3) is 3.99. The van der Waals surface area contributed by atoms with Crippen molar-refractivity contribution in [2.75, 3.05) is 0 Å². The quantitative estimate of drug-likeness (QED) is 0.458. The average molecular weight is 394 g/mol. The van der Waals surface area contributed by atoms with Crippen molar-refractivity contribution in [1.29, 1.82) is 0 Å². The fourth-order valence-electron chi connectivity index (χ4n) is 2.33. The van der Waals surface area contributed by atoms with E-state index in [2.05, 4.69) is 5.32 Å². The first-order valence-corrected chi connectivity index (χ1v) is 8.03. The molecule has 0 bridgehead atoms. The van der Waals surface area contributed by atoms with Gasteiger partial charge in [-0.2, -0.15) is 0 Å². The van der Waals surface area contributed by atoms with Crippen molar-refractivity contribution in [1.82, 2.24) is 5.32 Å². The molecular weight excluding hydrogens is 377 g/mol. The second-order valence-electron chi connectivity index (χ2n) is 4.90. The molecule has 1 aliphatic rings. The first kappa shape index (κ1) is 14.9. The zero-order valence-corrected chi connectivity index (χ0v) is 13.4. The van der Waals surface area contributed by atoms with E-state index in [0.717, 1.165) is 29.3 Å². The summed E-state index contributed by atoms with van der Waals surface area (Å²) in [7, 11) is 0. The highest BCUT2D eigenvalue weighted by molar-refractivity contribution is 14.1. The minimum Gasteiger partial charge on any atom is -0.507 e. The minimum absolute atomic E-state index is 0.00361. The van der Waals surface area contributed by atoms with Crippen molar-refractivity contribution < 1.29 is 9.90 Å². The van der Waals surface area contributed by atoms with Crippen LogP contribution in [0.2, 0.25) is 0 Å². The third-order valence-electron chi connectivity index (χ3n) is 3.46. The topological polar surface area (TPSA) is 49.3 Å². The van der Waals surface area contributed by atoms with Gasteiger partial charge in [0.2, 0.25) is 0 Å². The number of benzene rings is 1. The molecule has 0 radical (unpaired) electrons. The molecule has 2 atom stereocenters. The van der Waals surface area contributed by atoms with E-state index in [1.807, 2.05) is 22.6 Å². The van der Waals surface area contributed by atoms with Gasteiger partial charge in [0.05, 0.1) is 8.95 Å². The zero-order chi connectivity index (χ0) is 13.8. The molecule has 1 amide bonds. The van der Waals surface area contributed by atoms with Crippen LogP contribution in [0.15, 0.2) is 18.2 Å². The number of carbonyl (C=O) groups excluding carboxylic acids is 1. The molecule has 1 aliphatic carbocycles. The van der Waals surface area contributed by atoms with Gasteiger partial charge in [-0.15, -0.1) is 11.6 Å². The van der Waals surface area contributed by atoms with E-state index in [9.17, 15) is 9.90 Å². The molecule has 0 aliphatic heterocycles. The molecule has 1 aromatic carbocycles. The molecule has 5 heteroatoms. The Morgan fingerprint density at radius 3 is 2.79 bits per heavy atom. The normalized spacial score (nSPS) is 23.7. The monoisotopic (exact) mass is 393 g/mol. The first-order valence-electron chi connectivity index (χ1n) is 6.51. The number of hydrogen-bond acceptors (Lipinski definition) is 2. The van der Waals surface area contributed by atoms with Crippen molar-refractivity contribution in [3.8, 4) is 5.75 Å². The number of nitrogens with one attached hydrogen (secondary N) is 1. The number of phenolic OH excluding ortho intramolecular Hbond substituents is 1. The van der Waals surface area contributed by atoms with Crippen LogP contribution in [-0.4, -0.2) is 22.4 Å². The number of carbonyl (C=O) groups is 1. The SMILES string of the molecule is O=C(NC1CCCCCC1Cl)c1ccc(I)c(O)c1. The van der Waals surface area contributed by atoms with Crippen LogP contribution in [0.4, 0.5) is 0 Å². The molecular formula is C14H17ClINO2. The predicted octanol–water partition coefficient (Wildman–Crippen LogP) is 3.67. The third-order valence-corrected chi connectivity index (χ3v) is 4.89. The summed E-state index contributed by atoms with van der Waals surface area (Å²) in [4.78, 5) is 12.2. The number of phenols is 1. The summed E-state index contributed by atoms with van der Waals surface area (Å²) < 4.78 is 0.735. The van der Waals surface area contributed by atoms with Crippen molar-refractivity contribution in [2.24, 2.45) is 0 Å². The van der Waals surface area contributed by atoms with Gasteiger partial charge in [0.1, 0.15) is 5.75 Å². The van der Waals surface area contributed by atoms with Crippen LogP contribution in [0.25, 0.3) is 0 Å². The lowest BCUT2D eigenvalue weighted by atomic mass is 10.1. The zero-order valence-electron chi connectivity index (χ0n) is 10.5. The van der Waals surface area contributed by atoms with Gasteiger partial charge in [0, 0.05) is 11.6 Å². The Balaban J connectivity index is 2.05. The van der Waals surface area contributed by atoms with E-state index in [4.69, 9.17) is 11.6 Å². The Morgan fingerprint density at radius 2 is 2.05 bits per heavy atom. The van der Waals surface area contributed by atoms with Crippen LogP contribution in [0.5, 0.6) is 5.75 Å². The molecule has 2 N–H and O–H groups in total. The maximum atomic E-state index is 12.2. The number of hydrogen-bond donors (Lipinski definition) is 2. The molecule has 19 heavy (non-hydrogen) atoms. The highest BCUT2D eigenvalue weighted by Crippen LogP contribution is 2.24. The summed E-state index contributed by atoms with van der Waals surface area (Å²) in [6.45, 7) is 0. The summed E-state index contributed by atoms with van der Waals surface area (Å²) in [5, 5.41) is 12.6. The summed E-state index contributed by atoms with van der Waals surface area (Å²) in [6.07, 6.45) is 5.29. The van der Waals surface area contributed by atoms with E-state index in [1.54, 1.807) is 12.1 Å². The Labute approximate surface area is 131 Å². The van der Waals surface area contributed by atoms with Gasteiger partial charge in [0.15, 0.2) is 0 Å². The second kappa shape index (κ2) is 6.79. The maximum absolute atomic E-state index is 12.2. The number of halogens is 2. The van der Waals surface area contributed by atoms with Crippen molar-refractivity contribution in [2.45, 2.75) is 43.5 Å². The van der Waals surface area contributed by atoms with E-state index < -0.39 is 0 Å². The minimum atomic E-state index is -0.163. The van der Waals surface area contributed by atoms with E-state index >= 15 is 0 Å². The molecule has 0 saturated heterocycles. The average Bonchev–Trinajstić information content (AvgIpc) is 2.58. The summed E-state index contributed by atoms with van der Waals surface area (Å²) in [5.74, 6) is -0.0270. The maximum Gasteiger partial charge on any atom is 0.251 e. The van der Waals surface area contributed by atoms with Crippen molar-refractivity contribution in [3.05, 3.63) is 27.3 Å². The molecule has 1 aromatic rings.